The molecule has 23 heteroatoms. The minimum absolute atomic E-state index is 0.0674. The van der Waals surface area contributed by atoms with Gasteiger partial charge in [0, 0.05) is 18.7 Å². The van der Waals surface area contributed by atoms with Crippen LogP contribution >= 0.6 is 0 Å². The van der Waals surface area contributed by atoms with Crippen molar-refractivity contribution < 1.29 is 92.7 Å². The maximum atomic E-state index is 14.2. The van der Waals surface area contributed by atoms with Crippen molar-refractivity contribution in [2.24, 2.45) is 17.8 Å². The van der Waals surface area contributed by atoms with Crippen LogP contribution in [0, 0.1) is 23.6 Å². The zero-order valence-corrected chi connectivity index (χ0v) is 43.3. The lowest BCUT2D eigenvalue weighted by Gasteiger charge is -2.49. The molecule has 77 heavy (non-hydrogen) atoms. The van der Waals surface area contributed by atoms with Crippen molar-refractivity contribution >= 4 is 11.9 Å². The minimum Gasteiger partial charge on any atom is -0.450 e. The van der Waals surface area contributed by atoms with E-state index in [2.05, 4.69) is 10.3 Å². The lowest BCUT2D eigenvalue weighted by atomic mass is 9.76. The molecular weight excluding hydrogens is 1010 g/mol. The quantitative estimate of drug-likeness (QED) is 0.0787. The molecule has 6 fully saturated rings. The van der Waals surface area contributed by atoms with Gasteiger partial charge in [-0.3, -0.25) is 4.79 Å². The number of hydrogen-bond acceptors (Lipinski definition) is 20. The van der Waals surface area contributed by atoms with Crippen LogP contribution in [0.1, 0.15) is 94.5 Å². The van der Waals surface area contributed by atoms with Crippen LogP contribution in [-0.4, -0.2) is 210 Å². The van der Waals surface area contributed by atoms with Gasteiger partial charge in [-0.05, 0) is 74.6 Å². The first kappa shape index (κ1) is 57.5. The molecule has 0 radical (unpaired) electrons. The molecule has 20 atom stereocenters. The van der Waals surface area contributed by atoms with Crippen LogP contribution in [0.5, 0.6) is 0 Å². The lowest BCUT2D eigenvalue weighted by molar-refractivity contribution is -0.351. The van der Waals surface area contributed by atoms with Crippen LogP contribution < -0.4 is 0 Å². The van der Waals surface area contributed by atoms with Gasteiger partial charge >= 0.3 is 5.97 Å². The Labute approximate surface area is 445 Å². The smallest absolute Gasteiger partial charge is 0.338 e. The summed E-state index contributed by atoms with van der Waals surface area (Å²) in [5.74, 6) is -2.34. The highest BCUT2D eigenvalue weighted by molar-refractivity contribution is 5.89. The Morgan fingerprint density at radius 2 is 1.48 bits per heavy atom. The Morgan fingerprint density at radius 3 is 2.17 bits per heavy atom. The summed E-state index contributed by atoms with van der Waals surface area (Å²) in [6, 6.07) is 12.5. The first-order valence-electron chi connectivity index (χ1n) is 27.2. The molecule has 6 aliphatic rings. The van der Waals surface area contributed by atoms with Crippen molar-refractivity contribution in [3.63, 3.8) is 0 Å². The number of aliphatic hydroxyl groups is 8. The number of carbonyl (C=O) groups is 2. The van der Waals surface area contributed by atoms with Crippen LogP contribution in [-0.2, 0) is 42.7 Å². The highest BCUT2D eigenvalue weighted by Crippen LogP contribution is 2.42. The number of hydrogen-bond donors (Lipinski definition) is 8. The zero-order valence-electron chi connectivity index (χ0n) is 43.3. The van der Waals surface area contributed by atoms with Gasteiger partial charge in [0.1, 0.15) is 78.6 Å². The first-order chi connectivity index (χ1) is 37.1. The summed E-state index contributed by atoms with van der Waals surface area (Å²) in [6.07, 6.45) is -15.5. The molecule has 12 unspecified atom stereocenters. The van der Waals surface area contributed by atoms with Gasteiger partial charge in [0.25, 0.3) is 5.91 Å². The number of amides is 1. The third-order valence-electron chi connectivity index (χ3n) is 16.3. The summed E-state index contributed by atoms with van der Waals surface area (Å²) in [4.78, 5) is 30.1. The molecule has 1 amide bonds. The van der Waals surface area contributed by atoms with E-state index in [0.717, 1.165) is 38.5 Å². The number of likely N-dealkylation sites (tertiary alicyclic amines) is 1. The second kappa shape index (κ2) is 26.0. The molecule has 4 saturated heterocycles. The molecule has 0 bridgehead atoms. The number of carbonyl (C=O) groups excluding carboxylic acids is 2. The van der Waals surface area contributed by atoms with Crippen LogP contribution in [0.25, 0.3) is 11.3 Å². The number of nitrogens with zero attached hydrogens (tertiary/aromatic N) is 4. The van der Waals surface area contributed by atoms with Gasteiger partial charge in [-0.25, -0.2) is 13.9 Å². The number of aromatic nitrogens is 3. The summed E-state index contributed by atoms with van der Waals surface area (Å²) in [5.41, 5.74) is 0.808. The van der Waals surface area contributed by atoms with Gasteiger partial charge in [0.2, 0.25) is 0 Å². The molecule has 3 aromatic rings. The number of ether oxygens (including phenoxy) is 8. The fourth-order valence-electron chi connectivity index (χ4n) is 11.8. The van der Waals surface area contributed by atoms with Crippen molar-refractivity contribution in [1.82, 2.24) is 19.9 Å². The predicted octanol–water partition coefficient (Wildman–Crippen LogP) is 1.38. The lowest BCUT2D eigenvalue weighted by Crippen LogP contribution is -2.64. The molecule has 2 saturated carbocycles. The summed E-state index contributed by atoms with van der Waals surface area (Å²) in [6.45, 7) is 2.97. The van der Waals surface area contributed by atoms with E-state index in [9.17, 15) is 54.8 Å². The molecular formula is C54H75FN4O18. The molecule has 426 valence electrons. The molecule has 1 aromatic heterocycles. The van der Waals surface area contributed by atoms with Crippen LogP contribution in [0.2, 0.25) is 0 Å². The second-order valence-corrected chi connectivity index (χ2v) is 21.5. The van der Waals surface area contributed by atoms with Crippen LogP contribution in [0.15, 0.2) is 60.8 Å². The zero-order chi connectivity index (χ0) is 54.5. The van der Waals surface area contributed by atoms with E-state index in [-0.39, 0.29) is 36.1 Å². The average Bonchev–Trinajstić information content (AvgIpc) is 3.92. The monoisotopic (exact) mass is 1090 g/mol. The Bertz CT molecular complexity index is 2370. The standard InChI is InChI=1S/C54H75FN4O18/c1-3-31-20-30(27-70-52-44(65)40(42(63)38(25-60)74-52)59-24-35(56-57-59)33-16-10-17-34(55)23-33)22-36(47(31)77-53-46(67)45(66)41(62)28(2)71-53)73-54-49(76-51(69)32-14-8-5-9-15-32)48(43(64)39(26-61)75-54)72-37(50(68)58-18-11-19-58)21-29-12-6-4-7-13-29/h5,8-10,14-17,23-24,28-31,36-49,52-54,60-67H,3-4,6-7,11-13,18-22,25-27H2,1-2H3/t28?,30?,31?,36-,37+,38?,39?,40?,41-,42-,43+,44?,45?,46?,47?,48?,49?,52+,53+,54-/m1/s1. The molecule has 4 aliphatic heterocycles. The molecule has 5 heterocycles. The third-order valence-corrected chi connectivity index (χ3v) is 16.3. The number of rotatable bonds is 19. The van der Waals surface area contributed by atoms with Gasteiger partial charge in [0.05, 0.1) is 49.9 Å². The van der Waals surface area contributed by atoms with E-state index in [0.29, 0.717) is 37.9 Å². The van der Waals surface area contributed by atoms with E-state index >= 15 is 0 Å². The maximum Gasteiger partial charge on any atom is 0.338 e. The highest BCUT2D eigenvalue weighted by Gasteiger charge is 2.55. The average molecular weight is 1090 g/mol. The van der Waals surface area contributed by atoms with Crippen molar-refractivity contribution in [3.8, 4) is 11.3 Å². The summed E-state index contributed by atoms with van der Waals surface area (Å²) in [7, 11) is 0. The molecule has 0 spiro atoms. The van der Waals surface area contributed by atoms with E-state index in [1.165, 1.54) is 36.0 Å². The van der Waals surface area contributed by atoms with Gasteiger partial charge < -0.3 is 83.6 Å². The Balaban J connectivity index is 1.02. The number of benzene rings is 2. The van der Waals surface area contributed by atoms with Gasteiger partial charge in [-0.15, -0.1) is 5.10 Å². The third kappa shape index (κ3) is 13.1. The number of esters is 1. The van der Waals surface area contributed by atoms with Crippen molar-refractivity contribution in [2.75, 3.05) is 32.9 Å². The number of aliphatic hydroxyl groups excluding tert-OH is 8. The SMILES string of the molecule is CCC1CC(CO[C@H]2OC(CO)[C@@H](O)C(n3cc(-c4cccc(F)c4)nn3)C2O)C[C@@H](O[C@@H]2OC(CO)[C@H](O)C(O[C@@H](CC3CCCCC3)C(=O)N3CCC3)C2OC(=O)c2ccccc2)C1O[C@@H]1OC(C)[C@@H](O)C(O)C1O. The van der Waals surface area contributed by atoms with Gasteiger partial charge in [0.15, 0.2) is 25.0 Å². The summed E-state index contributed by atoms with van der Waals surface area (Å²) in [5, 5.41) is 97.4. The Hall–Kier alpha value is -4.15. The van der Waals surface area contributed by atoms with E-state index in [4.69, 9.17) is 37.9 Å². The normalized spacial score (nSPS) is 37.4. The number of halogens is 1. The van der Waals surface area contributed by atoms with Crippen molar-refractivity contribution in [3.05, 3.63) is 72.2 Å². The van der Waals surface area contributed by atoms with Crippen LogP contribution in [0.3, 0.4) is 0 Å². The fourth-order valence-corrected chi connectivity index (χ4v) is 11.8. The Morgan fingerprint density at radius 1 is 0.753 bits per heavy atom. The predicted molar refractivity (Wildman–Crippen MR) is 265 cm³/mol. The molecule has 2 aliphatic carbocycles. The van der Waals surface area contributed by atoms with Gasteiger partial charge in [-0.2, -0.15) is 0 Å². The fraction of sp³-hybridized carbons (Fsp3) is 0.704. The molecule has 9 rings (SSSR count). The van der Waals surface area contributed by atoms with Crippen molar-refractivity contribution in [2.45, 2.75) is 188 Å². The van der Waals surface area contributed by atoms with Gasteiger partial charge in [-0.1, -0.05) is 81.0 Å². The topological polar surface area (TPSA) is 304 Å². The maximum absolute atomic E-state index is 14.2. The largest absolute Gasteiger partial charge is 0.450 e. The molecule has 2 aromatic carbocycles. The van der Waals surface area contributed by atoms with Crippen LogP contribution in [0.4, 0.5) is 4.39 Å². The molecule has 8 N–H and O–H groups in total. The second-order valence-electron chi connectivity index (χ2n) is 21.5. The molecule has 22 nitrogen and oxygen atoms in total. The highest BCUT2D eigenvalue weighted by atomic mass is 19.1. The van der Waals surface area contributed by atoms with E-state index in [1.807, 2.05) is 6.92 Å². The first-order valence-corrected chi connectivity index (χ1v) is 27.2. The van der Waals surface area contributed by atoms with E-state index in [1.54, 1.807) is 41.3 Å². The Kier molecular flexibility index (Phi) is 19.4. The summed E-state index contributed by atoms with van der Waals surface area (Å²) >= 11 is 0. The van der Waals surface area contributed by atoms with Crippen molar-refractivity contribution in [1.29, 1.82) is 0 Å². The minimum atomic E-state index is -1.70. The van der Waals surface area contributed by atoms with E-state index < -0.39 is 147 Å². The summed E-state index contributed by atoms with van der Waals surface area (Å²) < 4.78 is 66.5.